The highest BCUT2D eigenvalue weighted by Gasteiger charge is 2.09. The van der Waals surface area contributed by atoms with Gasteiger partial charge in [0.25, 0.3) is 5.91 Å². The molecule has 0 fully saturated rings. The first-order valence-corrected chi connectivity index (χ1v) is 5.83. The van der Waals surface area contributed by atoms with Gasteiger partial charge in [-0.2, -0.15) is 0 Å². The zero-order valence-electron chi connectivity index (χ0n) is 9.15. The average molecular weight is 232 g/mol. The third-order valence-electron chi connectivity index (χ3n) is 2.13. The molecule has 3 nitrogen and oxygen atoms in total. The summed E-state index contributed by atoms with van der Waals surface area (Å²) in [7, 11) is 0. The minimum Gasteiger partial charge on any atom is -0.321 e. The number of carbonyl (C=O) groups excluding carboxylic acids is 1. The largest absolute Gasteiger partial charge is 0.321 e. The molecule has 0 aliphatic carbocycles. The summed E-state index contributed by atoms with van der Waals surface area (Å²) in [5.74, 6) is -0.157. The summed E-state index contributed by atoms with van der Waals surface area (Å²) in [4.78, 5) is 15.9. The molecule has 0 aliphatic rings. The highest BCUT2D eigenvalue weighted by Crippen LogP contribution is 2.13. The van der Waals surface area contributed by atoms with Crippen LogP contribution in [-0.2, 0) is 0 Å². The summed E-state index contributed by atoms with van der Waals surface area (Å²) in [6, 6.07) is 7.70. The molecule has 0 saturated heterocycles. The number of nitrogens with one attached hydrogen (secondary N) is 1. The van der Waals surface area contributed by atoms with Crippen LogP contribution in [0.15, 0.2) is 29.6 Å². The number of thiazole rings is 1. The first kappa shape index (κ1) is 10.8. The van der Waals surface area contributed by atoms with Crippen LogP contribution in [0.25, 0.3) is 0 Å². The second-order valence-electron chi connectivity index (χ2n) is 3.58. The SMILES string of the molecule is Cc1cccc(NC(=O)c2csc(C)n2)c1. The van der Waals surface area contributed by atoms with E-state index in [1.54, 1.807) is 5.38 Å². The van der Waals surface area contributed by atoms with E-state index in [4.69, 9.17) is 0 Å². The van der Waals surface area contributed by atoms with E-state index in [0.717, 1.165) is 16.3 Å². The van der Waals surface area contributed by atoms with E-state index in [1.165, 1.54) is 11.3 Å². The average Bonchev–Trinajstić information content (AvgIpc) is 2.65. The van der Waals surface area contributed by atoms with Crippen LogP contribution in [0.4, 0.5) is 5.69 Å². The van der Waals surface area contributed by atoms with Crippen molar-refractivity contribution in [2.24, 2.45) is 0 Å². The zero-order chi connectivity index (χ0) is 11.5. The molecule has 0 spiro atoms. The predicted octanol–water partition coefficient (Wildman–Crippen LogP) is 3.01. The third kappa shape index (κ3) is 2.46. The third-order valence-corrected chi connectivity index (χ3v) is 2.90. The summed E-state index contributed by atoms with van der Waals surface area (Å²) in [6.45, 7) is 3.87. The molecule has 2 rings (SSSR count). The Bertz CT molecular complexity index is 519. The van der Waals surface area contributed by atoms with Gasteiger partial charge in [-0.05, 0) is 31.5 Å². The van der Waals surface area contributed by atoms with E-state index in [2.05, 4.69) is 10.3 Å². The Labute approximate surface area is 98.2 Å². The van der Waals surface area contributed by atoms with Crippen molar-refractivity contribution < 1.29 is 4.79 Å². The molecule has 0 aliphatic heterocycles. The van der Waals surface area contributed by atoms with Crippen LogP contribution in [-0.4, -0.2) is 10.9 Å². The molecule has 0 bridgehead atoms. The van der Waals surface area contributed by atoms with Crippen LogP contribution in [0.2, 0.25) is 0 Å². The Hall–Kier alpha value is -1.68. The normalized spacial score (nSPS) is 10.1. The Balaban J connectivity index is 2.13. The number of amides is 1. The number of aryl methyl sites for hydroxylation is 2. The standard InChI is InChI=1S/C12H12N2OS/c1-8-4-3-5-10(6-8)14-12(15)11-7-16-9(2)13-11/h3-7H,1-2H3,(H,14,15). The van der Waals surface area contributed by atoms with E-state index in [1.807, 2.05) is 38.1 Å². The molecule has 0 unspecified atom stereocenters. The van der Waals surface area contributed by atoms with Crippen molar-refractivity contribution in [2.75, 3.05) is 5.32 Å². The summed E-state index contributed by atoms with van der Waals surface area (Å²) >= 11 is 1.47. The lowest BCUT2D eigenvalue weighted by molar-refractivity contribution is 0.102. The molecule has 16 heavy (non-hydrogen) atoms. The fraction of sp³-hybridized carbons (Fsp3) is 0.167. The van der Waals surface area contributed by atoms with Crippen molar-refractivity contribution in [3.63, 3.8) is 0 Å². The van der Waals surface area contributed by atoms with Gasteiger partial charge in [-0.25, -0.2) is 4.98 Å². The zero-order valence-corrected chi connectivity index (χ0v) is 9.97. The van der Waals surface area contributed by atoms with Crippen LogP contribution in [0.1, 0.15) is 21.1 Å². The van der Waals surface area contributed by atoms with Gasteiger partial charge in [0.2, 0.25) is 0 Å². The Morgan fingerprint density at radius 3 is 2.81 bits per heavy atom. The maximum Gasteiger partial charge on any atom is 0.275 e. The molecule has 1 N–H and O–H groups in total. The van der Waals surface area contributed by atoms with Gasteiger partial charge in [-0.15, -0.1) is 11.3 Å². The van der Waals surface area contributed by atoms with Gasteiger partial charge in [0.1, 0.15) is 5.69 Å². The van der Waals surface area contributed by atoms with Gasteiger partial charge in [0.05, 0.1) is 5.01 Å². The number of aromatic nitrogens is 1. The maximum absolute atomic E-state index is 11.8. The van der Waals surface area contributed by atoms with Crippen LogP contribution in [0.3, 0.4) is 0 Å². The summed E-state index contributed by atoms with van der Waals surface area (Å²) in [6.07, 6.45) is 0. The lowest BCUT2D eigenvalue weighted by Gasteiger charge is -2.03. The fourth-order valence-electron chi connectivity index (χ4n) is 1.39. The van der Waals surface area contributed by atoms with Crippen molar-refractivity contribution in [2.45, 2.75) is 13.8 Å². The van der Waals surface area contributed by atoms with Crippen LogP contribution in [0, 0.1) is 13.8 Å². The van der Waals surface area contributed by atoms with Crippen LogP contribution < -0.4 is 5.32 Å². The number of anilines is 1. The van der Waals surface area contributed by atoms with Crippen molar-refractivity contribution in [3.8, 4) is 0 Å². The Kier molecular flexibility index (Phi) is 3.01. The van der Waals surface area contributed by atoms with E-state index >= 15 is 0 Å². The predicted molar refractivity (Wildman–Crippen MR) is 66.0 cm³/mol. The first-order valence-electron chi connectivity index (χ1n) is 4.95. The lowest BCUT2D eigenvalue weighted by Crippen LogP contribution is -2.12. The minimum absolute atomic E-state index is 0.157. The maximum atomic E-state index is 11.8. The highest BCUT2D eigenvalue weighted by molar-refractivity contribution is 7.09. The minimum atomic E-state index is -0.157. The monoisotopic (exact) mass is 232 g/mol. The Morgan fingerprint density at radius 1 is 1.38 bits per heavy atom. The molecule has 2 aromatic rings. The second kappa shape index (κ2) is 4.45. The van der Waals surface area contributed by atoms with Crippen molar-refractivity contribution in [1.29, 1.82) is 0 Å². The smallest absolute Gasteiger partial charge is 0.275 e. The summed E-state index contributed by atoms with van der Waals surface area (Å²) < 4.78 is 0. The second-order valence-corrected chi connectivity index (χ2v) is 4.64. The molecule has 82 valence electrons. The van der Waals surface area contributed by atoms with Crippen molar-refractivity contribution in [3.05, 3.63) is 45.9 Å². The number of benzene rings is 1. The fourth-order valence-corrected chi connectivity index (χ4v) is 1.98. The molecule has 1 aromatic heterocycles. The van der Waals surface area contributed by atoms with Gasteiger partial charge < -0.3 is 5.32 Å². The molecule has 0 saturated carbocycles. The quantitative estimate of drug-likeness (QED) is 0.864. The van der Waals surface area contributed by atoms with Crippen LogP contribution in [0.5, 0.6) is 0 Å². The highest BCUT2D eigenvalue weighted by atomic mass is 32.1. The number of hydrogen-bond donors (Lipinski definition) is 1. The Morgan fingerprint density at radius 2 is 2.19 bits per heavy atom. The number of hydrogen-bond acceptors (Lipinski definition) is 3. The van der Waals surface area contributed by atoms with E-state index < -0.39 is 0 Å². The van der Waals surface area contributed by atoms with Gasteiger partial charge in [-0.3, -0.25) is 4.79 Å². The van der Waals surface area contributed by atoms with E-state index in [-0.39, 0.29) is 5.91 Å². The van der Waals surface area contributed by atoms with Gasteiger partial charge in [0.15, 0.2) is 0 Å². The van der Waals surface area contributed by atoms with Crippen molar-refractivity contribution >= 4 is 22.9 Å². The number of nitrogens with zero attached hydrogens (tertiary/aromatic N) is 1. The summed E-state index contributed by atoms with van der Waals surface area (Å²) in [5.41, 5.74) is 2.40. The topological polar surface area (TPSA) is 42.0 Å². The van der Waals surface area contributed by atoms with Gasteiger partial charge >= 0.3 is 0 Å². The summed E-state index contributed by atoms with van der Waals surface area (Å²) in [5, 5.41) is 5.48. The number of carbonyl (C=O) groups is 1. The van der Waals surface area contributed by atoms with Gasteiger partial charge in [-0.1, -0.05) is 12.1 Å². The van der Waals surface area contributed by atoms with Crippen LogP contribution >= 0.6 is 11.3 Å². The van der Waals surface area contributed by atoms with E-state index in [0.29, 0.717) is 5.69 Å². The lowest BCUT2D eigenvalue weighted by atomic mass is 10.2. The van der Waals surface area contributed by atoms with E-state index in [9.17, 15) is 4.79 Å². The molecule has 1 heterocycles. The molecular formula is C12H12N2OS. The number of rotatable bonds is 2. The molecule has 0 atom stereocenters. The molecule has 0 radical (unpaired) electrons. The molecule has 1 aromatic carbocycles. The first-order chi connectivity index (χ1) is 7.65. The van der Waals surface area contributed by atoms with Gasteiger partial charge in [0, 0.05) is 11.1 Å². The molecule has 1 amide bonds. The molecule has 4 heteroatoms. The van der Waals surface area contributed by atoms with Crippen molar-refractivity contribution in [1.82, 2.24) is 4.98 Å². The molecular weight excluding hydrogens is 220 g/mol.